The lowest BCUT2D eigenvalue weighted by atomic mass is 9.97. The van der Waals surface area contributed by atoms with Crippen LogP contribution in [0.15, 0.2) is 5.38 Å². The molecule has 8 heteroatoms. The van der Waals surface area contributed by atoms with E-state index in [4.69, 9.17) is 4.74 Å². The Balaban J connectivity index is 1.55. The molecule has 0 spiro atoms. The van der Waals surface area contributed by atoms with Crippen molar-refractivity contribution in [1.82, 2.24) is 10.2 Å². The van der Waals surface area contributed by atoms with Crippen molar-refractivity contribution in [3.05, 3.63) is 16.5 Å². The molecule has 1 unspecified atom stereocenters. The van der Waals surface area contributed by atoms with Crippen molar-refractivity contribution in [2.45, 2.75) is 52.4 Å². The van der Waals surface area contributed by atoms with Crippen molar-refractivity contribution >= 4 is 34.1 Å². The van der Waals surface area contributed by atoms with Crippen LogP contribution in [-0.4, -0.2) is 55.5 Å². The van der Waals surface area contributed by atoms with Gasteiger partial charge in [0.1, 0.15) is 5.00 Å². The lowest BCUT2D eigenvalue weighted by Gasteiger charge is -2.32. The lowest BCUT2D eigenvalue weighted by Crippen LogP contribution is -2.44. The Morgan fingerprint density at radius 3 is 2.70 bits per heavy atom. The summed E-state index contributed by atoms with van der Waals surface area (Å²) in [5.41, 5.74) is 1.54. The van der Waals surface area contributed by atoms with Gasteiger partial charge in [-0.05, 0) is 61.9 Å². The Bertz CT molecular complexity index is 772. The van der Waals surface area contributed by atoms with Gasteiger partial charge < -0.3 is 15.4 Å². The number of amides is 2. The zero-order valence-electron chi connectivity index (χ0n) is 18.2. The number of esters is 1. The number of ether oxygens (including phenoxy) is 1. The van der Waals surface area contributed by atoms with E-state index in [0.29, 0.717) is 35.6 Å². The number of nitrogens with zero attached hydrogens (tertiary/aromatic N) is 1. The minimum absolute atomic E-state index is 0.0182. The van der Waals surface area contributed by atoms with E-state index in [1.807, 2.05) is 19.2 Å². The molecule has 0 radical (unpaired) electrons. The van der Waals surface area contributed by atoms with E-state index in [0.717, 1.165) is 44.3 Å². The Labute approximate surface area is 182 Å². The zero-order valence-corrected chi connectivity index (χ0v) is 19.0. The maximum atomic E-state index is 12.7. The third-order valence-electron chi connectivity index (χ3n) is 5.63. The Morgan fingerprint density at radius 1 is 1.27 bits per heavy atom. The molecule has 1 aromatic rings. The summed E-state index contributed by atoms with van der Waals surface area (Å²) in [4.78, 5) is 39.1. The van der Waals surface area contributed by atoms with Gasteiger partial charge in [-0.25, -0.2) is 4.79 Å². The van der Waals surface area contributed by atoms with Crippen molar-refractivity contribution in [2.75, 3.05) is 38.1 Å². The minimum atomic E-state index is -0.352. The fourth-order valence-corrected chi connectivity index (χ4v) is 4.90. The molecular formula is C22H33N3O4S. The van der Waals surface area contributed by atoms with Gasteiger partial charge in [0.05, 0.1) is 18.7 Å². The third-order valence-corrected chi connectivity index (χ3v) is 6.54. The van der Waals surface area contributed by atoms with E-state index in [9.17, 15) is 14.4 Å². The number of nitrogens with one attached hydrogen (secondary N) is 2. The molecule has 1 aliphatic carbocycles. The summed E-state index contributed by atoms with van der Waals surface area (Å²) in [6.07, 6.45) is 4.23. The quantitative estimate of drug-likeness (QED) is 0.582. The van der Waals surface area contributed by atoms with E-state index in [2.05, 4.69) is 15.5 Å². The van der Waals surface area contributed by atoms with Crippen LogP contribution in [0.25, 0.3) is 0 Å². The predicted molar refractivity (Wildman–Crippen MR) is 118 cm³/mol. The normalized spacial score (nSPS) is 19.5. The van der Waals surface area contributed by atoms with Gasteiger partial charge in [0.15, 0.2) is 0 Å². The fraction of sp³-hybridized carbons (Fsp3) is 0.682. The molecule has 1 aliphatic heterocycles. The van der Waals surface area contributed by atoms with Crippen LogP contribution in [0.2, 0.25) is 0 Å². The predicted octanol–water partition coefficient (Wildman–Crippen LogP) is 3.22. The van der Waals surface area contributed by atoms with Gasteiger partial charge >= 0.3 is 5.97 Å². The van der Waals surface area contributed by atoms with Crippen molar-refractivity contribution in [1.29, 1.82) is 0 Å². The average molecular weight is 436 g/mol. The summed E-state index contributed by atoms with van der Waals surface area (Å²) in [7, 11) is 0. The Morgan fingerprint density at radius 2 is 2.03 bits per heavy atom. The smallest absolute Gasteiger partial charge is 0.341 e. The second-order valence-electron chi connectivity index (χ2n) is 8.58. The SMILES string of the molecule is CCOC(=O)c1c(C2CC2)csc1NC(=O)CN1CCCC(CNC(=O)C(C)C)C1. The zero-order chi connectivity index (χ0) is 21.7. The number of piperidine rings is 1. The largest absolute Gasteiger partial charge is 0.462 e. The minimum Gasteiger partial charge on any atom is -0.462 e. The monoisotopic (exact) mass is 435 g/mol. The molecule has 3 rings (SSSR count). The van der Waals surface area contributed by atoms with Crippen LogP contribution in [0.5, 0.6) is 0 Å². The van der Waals surface area contributed by atoms with Gasteiger partial charge in [-0.15, -0.1) is 11.3 Å². The van der Waals surface area contributed by atoms with E-state index >= 15 is 0 Å². The second kappa shape index (κ2) is 10.4. The molecule has 2 N–H and O–H groups in total. The van der Waals surface area contributed by atoms with Gasteiger partial charge in [-0.2, -0.15) is 0 Å². The van der Waals surface area contributed by atoms with Gasteiger partial charge in [-0.1, -0.05) is 13.8 Å². The highest BCUT2D eigenvalue weighted by Crippen LogP contribution is 2.46. The number of carbonyl (C=O) groups is 3. The molecule has 7 nitrogen and oxygen atoms in total. The highest BCUT2D eigenvalue weighted by Gasteiger charge is 2.32. The maximum absolute atomic E-state index is 12.7. The number of anilines is 1. The van der Waals surface area contributed by atoms with E-state index in [-0.39, 0.29) is 30.2 Å². The van der Waals surface area contributed by atoms with Crippen molar-refractivity contribution in [2.24, 2.45) is 11.8 Å². The molecule has 166 valence electrons. The van der Waals surface area contributed by atoms with E-state index in [1.165, 1.54) is 11.3 Å². The molecule has 1 saturated carbocycles. The molecule has 30 heavy (non-hydrogen) atoms. The first-order valence-electron chi connectivity index (χ1n) is 11.0. The number of thiophene rings is 1. The van der Waals surface area contributed by atoms with Gasteiger partial charge in [0.2, 0.25) is 11.8 Å². The van der Waals surface area contributed by atoms with Crippen molar-refractivity contribution in [3.8, 4) is 0 Å². The van der Waals surface area contributed by atoms with E-state index in [1.54, 1.807) is 6.92 Å². The Hall–Kier alpha value is -1.93. The van der Waals surface area contributed by atoms with Crippen LogP contribution in [-0.2, 0) is 14.3 Å². The molecular weight excluding hydrogens is 402 g/mol. The van der Waals surface area contributed by atoms with E-state index < -0.39 is 0 Å². The lowest BCUT2D eigenvalue weighted by molar-refractivity contribution is -0.124. The first-order valence-corrected chi connectivity index (χ1v) is 11.8. The third kappa shape index (κ3) is 6.04. The number of carbonyl (C=O) groups excluding carboxylic acids is 3. The van der Waals surface area contributed by atoms with Crippen LogP contribution in [0.4, 0.5) is 5.00 Å². The summed E-state index contributed by atoms with van der Waals surface area (Å²) in [6, 6.07) is 0. The van der Waals surface area contributed by atoms with Crippen LogP contribution in [0.3, 0.4) is 0 Å². The average Bonchev–Trinajstić information content (AvgIpc) is 3.47. The van der Waals surface area contributed by atoms with Gasteiger partial charge in [0, 0.05) is 19.0 Å². The summed E-state index contributed by atoms with van der Waals surface area (Å²) < 4.78 is 5.23. The second-order valence-corrected chi connectivity index (χ2v) is 9.46. The van der Waals surface area contributed by atoms with Crippen LogP contribution < -0.4 is 10.6 Å². The summed E-state index contributed by atoms with van der Waals surface area (Å²) in [5.74, 6) is 0.352. The highest BCUT2D eigenvalue weighted by molar-refractivity contribution is 7.15. The summed E-state index contributed by atoms with van der Waals surface area (Å²) in [6.45, 7) is 8.46. The number of likely N-dealkylation sites (tertiary alicyclic amines) is 1. The highest BCUT2D eigenvalue weighted by atomic mass is 32.1. The standard InChI is InChI=1S/C22H33N3O4S/c1-4-29-22(28)19-17(16-7-8-16)13-30-21(19)24-18(26)12-25-9-5-6-15(11-25)10-23-20(27)14(2)3/h13-16H,4-12H2,1-3H3,(H,23,27)(H,24,26). The molecule has 0 bridgehead atoms. The molecule has 2 aliphatic rings. The fourth-order valence-electron chi connectivity index (χ4n) is 3.85. The van der Waals surface area contributed by atoms with Crippen molar-refractivity contribution < 1.29 is 19.1 Å². The van der Waals surface area contributed by atoms with Crippen LogP contribution in [0, 0.1) is 11.8 Å². The summed E-state index contributed by atoms with van der Waals surface area (Å²) >= 11 is 1.40. The molecule has 0 aromatic carbocycles. The summed E-state index contributed by atoms with van der Waals surface area (Å²) in [5, 5.41) is 8.52. The Kier molecular flexibility index (Phi) is 7.88. The number of hydrogen-bond donors (Lipinski definition) is 2. The molecule has 1 atom stereocenters. The molecule has 2 fully saturated rings. The first-order chi connectivity index (χ1) is 14.4. The van der Waals surface area contributed by atoms with Crippen molar-refractivity contribution in [3.63, 3.8) is 0 Å². The maximum Gasteiger partial charge on any atom is 0.341 e. The van der Waals surface area contributed by atoms with Gasteiger partial charge in [0.25, 0.3) is 0 Å². The first kappa shape index (κ1) is 22.7. The molecule has 1 saturated heterocycles. The topological polar surface area (TPSA) is 87.7 Å². The van der Waals surface area contributed by atoms with Gasteiger partial charge in [-0.3, -0.25) is 14.5 Å². The molecule has 1 aromatic heterocycles. The number of rotatable bonds is 9. The van der Waals surface area contributed by atoms with Crippen LogP contribution in [0.1, 0.15) is 68.3 Å². The number of hydrogen-bond acceptors (Lipinski definition) is 6. The molecule has 2 amide bonds. The molecule has 2 heterocycles. The van der Waals surface area contributed by atoms with Crippen LogP contribution >= 0.6 is 11.3 Å².